The first-order valence-electron chi connectivity index (χ1n) is 4.58. The van der Waals surface area contributed by atoms with Crippen molar-refractivity contribution in [1.29, 1.82) is 0 Å². The van der Waals surface area contributed by atoms with Crippen molar-refractivity contribution in [1.82, 2.24) is 0 Å². The van der Waals surface area contributed by atoms with Gasteiger partial charge < -0.3 is 0 Å². The Hall–Kier alpha value is -0.900. The second-order valence-electron chi connectivity index (χ2n) is 3.64. The van der Waals surface area contributed by atoms with Crippen LogP contribution in [0.5, 0.6) is 0 Å². The number of hydrogen-bond acceptors (Lipinski definition) is 2. The summed E-state index contributed by atoms with van der Waals surface area (Å²) >= 11 is 0. The maximum absolute atomic E-state index is 12.4. The Labute approximate surface area is 83.0 Å². The Bertz CT molecular complexity index is 451. The van der Waals surface area contributed by atoms with Crippen molar-refractivity contribution in [3.8, 4) is 0 Å². The van der Waals surface area contributed by atoms with E-state index >= 15 is 0 Å². The lowest BCUT2D eigenvalue weighted by molar-refractivity contribution is 0.551. The smallest absolute Gasteiger partial charge is 0.194 e. The van der Waals surface area contributed by atoms with Crippen LogP contribution in [-0.2, 0) is 28.8 Å². The van der Waals surface area contributed by atoms with Crippen LogP contribution >= 0.6 is 0 Å². The van der Waals surface area contributed by atoms with E-state index < -0.39 is 16.0 Å². The highest BCUT2D eigenvalue weighted by atomic mass is 32.3. The van der Waals surface area contributed by atoms with Crippen LogP contribution in [0.25, 0.3) is 0 Å². The van der Waals surface area contributed by atoms with E-state index in [1.54, 1.807) is 12.1 Å². The van der Waals surface area contributed by atoms with Crippen molar-refractivity contribution in [3.05, 3.63) is 34.9 Å². The predicted molar refractivity (Wildman–Crippen MR) is 52.2 cm³/mol. The van der Waals surface area contributed by atoms with Crippen LogP contribution < -0.4 is 0 Å². The third-order valence-corrected chi connectivity index (χ3v) is 3.18. The zero-order chi connectivity index (χ0) is 10.2. The molecule has 0 saturated heterocycles. The van der Waals surface area contributed by atoms with Gasteiger partial charge in [-0.25, -0.2) is 0 Å². The van der Waals surface area contributed by atoms with Gasteiger partial charge in [-0.15, -0.1) is 3.89 Å². The summed E-state index contributed by atoms with van der Waals surface area (Å²) in [4.78, 5) is 0. The van der Waals surface area contributed by atoms with Crippen molar-refractivity contribution in [3.63, 3.8) is 0 Å². The molecule has 14 heavy (non-hydrogen) atoms. The van der Waals surface area contributed by atoms with Crippen molar-refractivity contribution < 1.29 is 12.3 Å². The lowest BCUT2D eigenvalue weighted by Crippen LogP contribution is -1.97. The molecule has 0 N–H and O–H groups in total. The van der Waals surface area contributed by atoms with E-state index in [1.165, 1.54) is 11.1 Å². The topological polar surface area (TPSA) is 34.1 Å². The summed E-state index contributed by atoms with van der Waals surface area (Å²) in [5, 5.41) is 0. The molecule has 0 radical (unpaired) electrons. The van der Waals surface area contributed by atoms with Gasteiger partial charge in [0.05, 0.1) is 0 Å². The van der Waals surface area contributed by atoms with E-state index in [-0.39, 0.29) is 0 Å². The Morgan fingerprint density at radius 1 is 1.21 bits per heavy atom. The maximum atomic E-state index is 12.4. The van der Waals surface area contributed by atoms with Crippen LogP contribution in [0, 0.1) is 0 Å². The third kappa shape index (κ3) is 2.12. The molecule has 0 unspecified atom stereocenters. The molecule has 0 atom stereocenters. The van der Waals surface area contributed by atoms with Crippen molar-refractivity contribution >= 4 is 10.2 Å². The van der Waals surface area contributed by atoms with Crippen molar-refractivity contribution in [2.24, 2.45) is 0 Å². The highest BCUT2D eigenvalue weighted by molar-refractivity contribution is 7.85. The largest absolute Gasteiger partial charge is 0.306 e. The first-order chi connectivity index (χ1) is 6.54. The molecule has 0 amide bonds. The minimum atomic E-state index is -4.39. The van der Waals surface area contributed by atoms with Crippen LogP contribution in [0.15, 0.2) is 18.2 Å². The quantitative estimate of drug-likeness (QED) is 0.705. The average molecular weight is 214 g/mol. The molecule has 1 aromatic rings. The number of rotatable bonds is 2. The van der Waals surface area contributed by atoms with Gasteiger partial charge >= 0.3 is 10.2 Å². The fourth-order valence-corrected chi connectivity index (χ4v) is 2.49. The van der Waals surface area contributed by atoms with E-state index in [2.05, 4.69) is 0 Å². The zero-order valence-electron chi connectivity index (χ0n) is 7.66. The molecule has 1 aliphatic rings. The van der Waals surface area contributed by atoms with E-state index in [4.69, 9.17) is 0 Å². The second kappa shape index (κ2) is 3.35. The summed E-state index contributed by atoms with van der Waals surface area (Å²) in [7, 11) is -4.39. The molecular formula is C10H11FO2S. The van der Waals surface area contributed by atoms with E-state index in [1.807, 2.05) is 6.07 Å². The Kier molecular flexibility index (Phi) is 2.31. The van der Waals surface area contributed by atoms with E-state index in [0.717, 1.165) is 19.3 Å². The van der Waals surface area contributed by atoms with Crippen LogP contribution in [0.1, 0.15) is 23.1 Å². The van der Waals surface area contributed by atoms with Crippen LogP contribution in [0.4, 0.5) is 3.89 Å². The molecule has 2 nitrogen and oxygen atoms in total. The van der Waals surface area contributed by atoms with Crippen molar-refractivity contribution in [2.45, 2.75) is 25.0 Å². The molecule has 0 fully saturated rings. The van der Waals surface area contributed by atoms with Gasteiger partial charge in [-0.2, -0.15) is 8.42 Å². The summed E-state index contributed by atoms with van der Waals surface area (Å²) in [5.74, 6) is -0.500. The number of hydrogen-bond donors (Lipinski definition) is 0. The molecule has 0 heterocycles. The molecule has 1 aromatic carbocycles. The van der Waals surface area contributed by atoms with Crippen LogP contribution in [0.2, 0.25) is 0 Å². The van der Waals surface area contributed by atoms with Gasteiger partial charge in [0.2, 0.25) is 0 Å². The van der Waals surface area contributed by atoms with Crippen LogP contribution in [0.3, 0.4) is 0 Å². The van der Waals surface area contributed by atoms with Gasteiger partial charge in [0.1, 0.15) is 5.75 Å². The molecule has 0 saturated carbocycles. The molecule has 76 valence electrons. The second-order valence-corrected chi connectivity index (χ2v) is 5.01. The van der Waals surface area contributed by atoms with Crippen molar-refractivity contribution in [2.75, 3.05) is 0 Å². The molecule has 0 aromatic heterocycles. The SMILES string of the molecule is O=S(=O)(F)Cc1ccc2c(c1)CCC2. The average Bonchev–Trinajstić information content (AvgIpc) is 2.47. The lowest BCUT2D eigenvalue weighted by Gasteiger charge is -2.01. The zero-order valence-corrected chi connectivity index (χ0v) is 8.48. The molecule has 0 spiro atoms. The lowest BCUT2D eigenvalue weighted by atomic mass is 10.1. The Morgan fingerprint density at radius 2 is 1.93 bits per heavy atom. The normalized spacial score (nSPS) is 15.5. The van der Waals surface area contributed by atoms with E-state index in [9.17, 15) is 12.3 Å². The number of fused-ring (bicyclic) bond motifs is 1. The standard InChI is InChI=1S/C10H11FO2S/c11-14(12,13)7-8-4-5-9-2-1-3-10(9)6-8/h4-6H,1-3,7H2. The summed E-state index contributed by atoms with van der Waals surface area (Å²) in [6.07, 6.45) is 3.15. The van der Waals surface area contributed by atoms with Gasteiger partial charge in [0, 0.05) is 0 Å². The number of halogens is 1. The van der Waals surface area contributed by atoms with Gasteiger partial charge in [-0.1, -0.05) is 18.2 Å². The fourth-order valence-electron chi connectivity index (χ4n) is 1.91. The molecule has 0 aliphatic heterocycles. The highest BCUT2D eigenvalue weighted by Gasteiger charge is 2.14. The van der Waals surface area contributed by atoms with Gasteiger partial charge in [0.25, 0.3) is 0 Å². The highest BCUT2D eigenvalue weighted by Crippen LogP contribution is 2.23. The Morgan fingerprint density at radius 3 is 2.64 bits per heavy atom. The molecule has 0 bridgehead atoms. The van der Waals surface area contributed by atoms with Gasteiger partial charge in [-0.05, 0) is 36.0 Å². The number of benzene rings is 1. The first kappa shape index (κ1) is 9.65. The third-order valence-electron chi connectivity index (χ3n) is 2.50. The monoisotopic (exact) mass is 214 g/mol. The minimum Gasteiger partial charge on any atom is -0.194 e. The van der Waals surface area contributed by atoms with E-state index in [0.29, 0.717) is 5.56 Å². The van der Waals surface area contributed by atoms with Gasteiger partial charge in [0.15, 0.2) is 0 Å². The maximum Gasteiger partial charge on any atom is 0.306 e. The minimum absolute atomic E-state index is 0.500. The number of aryl methyl sites for hydroxylation is 2. The Balaban J connectivity index is 2.29. The fraction of sp³-hybridized carbons (Fsp3) is 0.400. The molecule has 1 aliphatic carbocycles. The summed E-state index contributed by atoms with van der Waals surface area (Å²) in [6, 6.07) is 5.41. The molecular weight excluding hydrogens is 203 g/mol. The van der Waals surface area contributed by atoms with Crippen LogP contribution in [-0.4, -0.2) is 8.42 Å². The molecule has 2 rings (SSSR count). The first-order valence-corrected chi connectivity index (χ1v) is 6.13. The molecule has 4 heteroatoms. The predicted octanol–water partition coefficient (Wildman–Crippen LogP) is 1.97. The summed E-state index contributed by atoms with van der Waals surface area (Å²) < 4.78 is 33.3. The summed E-state index contributed by atoms with van der Waals surface area (Å²) in [5.41, 5.74) is 2.99. The summed E-state index contributed by atoms with van der Waals surface area (Å²) in [6.45, 7) is 0. The van der Waals surface area contributed by atoms with Gasteiger partial charge in [-0.3, -0.25) is 0 Å².